The average Bonchev–Trinajstić information content (AvgIpc) is 2.67. The summed E-state index contributed by atoms with van der Waals surface area (Å²) in [5.41, 5.74) is 4.59. The highest BCUT2D eigenvalue weighted by atomic mass is 35.5. The maximum absolute atomic E-state index is 12.8. The lowest BCUT2D eigenvalue weighted by molar-refractivity contribution is -0.138. The molecule has 1 fully saturated rings. The molecule has 1 unspecified atom stereocenters. The van der Waals surface area contributed by atoms with Crippen LogP contribution in [-0.2, 0) is 4.79 Å². The molecule has 2 aromatic rings. The minimum atomic E-state index is -0.495. The number of rotatable bonds is 4. The van der Waals surface area contributed by atoms with E-state index in [0.29, 0.717) is 13.1 Å². The van der Waals surface area contributed by atoms with Crippen molar-refractivity contribution in [2.75, 3.05) is 31.1 Å². The molecule has 1 aliphatic rings. The molecular weight excluding hydrogens is 360 g/mol. The molecule has 1 heterocycles. The van der Waals surface area contributed by atoms with Gasteiger partial charge in [0.05, 0.1) is 0 Å². The highest BCUT2D eigenvalue weighted by molar-refractivity contribution is 6.30. The predicted octanol–water partition coefficient (Wildman–Crippen LogP) is 4.38. The first-order valence-electron chi connectivity index (χ1n) is 9.39. The number of carbonyl (C=O) groups is 1. The number of carbonyl (C=O) groups excluding carboxylic acids is 1. The number of benzene rings is 2. The van der Waals surface area contributed by atoms with E-state index in [0.717, 1.165) is 40.7 Å². The first-order valence-corrected chi connectivity index (χ1v) is 9.77. The van der Waals surface area contributed by atoms with Gasteiger partial charge in [-0.2, -0.15) is 0 Å². The third-order valence-electron chi connectivity index (χ3n) is 5.31. The minimum Gasteiger partial charge on any atom is -0.481 e. The van der Waals surface area contributed by atoms with Crippen LogP contribution in [0.4, 0.5) is 5.69 Å². The molecule has 4 nitrogen and oxygen atoms in total. The summed E-state index contributed by atoms with van der Waals surface area (Å²) in [7, 11) is 0. The van der Waals surface area contributed by atoms with Crippen molar-refractivity contribution in [2.45, 2.75) is 33.8 Å². The zero-order chi connectivity index (χ0) is 19.6. The van der Waals surface area contributed by atoms with E-state index in [1.165, 1.54) is 5.56 Å². The molecule has 0 N–H and O–H groups in total. The van der Waals surface area contributed by atoms with Crippen molar-refractivity contribution in [1.29, 1.82) is 0 Å². The van der Waals surface area contributed by atoms with Gasteiger partial charge in [-0.15, -0.1) is 0 Å². The summed E-state index contributed by atoms with van der Waals surface area (Å²) >= 11 is 6.15. The number of hydrogen-bond donors (Lipinski definition) is 0. The summed E-state index contributed by atoms with van der Waals surface area (Å²) in [5, 5.41) is 0.740. The minimum absolute atomic E-state index is 0.0402. The second-order valence-corrected chi connectivity index (χ2v) is 7.64. The van der Waals surface area contributed by atoms with Gasteiger partial charge in [0.15, 0.2) is 6.10 Å². The summed E-state index contributed by atoms with van der Waals surface area (Å²) in [4.78, 5) is 17.0. The normalized spacial score (nSPS) is 15.6. The van der Waals surface area contributed by atoms with Crippen molar-refractivity contribution < 1.29 is 9.53 Å². The lowest BCUT2D eigenvalue weighted by Gasteiger charge is -2.37. The fourth-order valence-electron chi connectivity index (χ4n) is 3.44. The van der Waals surface area contributed by atoms with Crippen LogP contribution in [0, 0.1) is 20.8 Å². The van der Waals surface area contributed by atoms with Crippen LogP contribution in [0.25, 0.3) is 0 Å². The first kappa shape index (κ1) is 19.6. The van der Waals surface area contributed by atoms with E-state index in [-0.39, 0.29) is 5.91 Å². The van der Waals surface area contributed by atoms with E-state index < -0.39 is 6.10 Å². The molecule has 0 aliphatic carbocycles. The maximum Gasteiger partial charge on any atom is 0.263 e. The highest BCUT2D eigenvalue weighted by Crippen LogP contribution is 2.26. The van der Waals surface area contributed by atoms with Crippen molar-refractivity contribution in [3.63, 3.8) is 0 Å². The van der Waals surface area contributed by atoms with Crippen LogP contribution in [0.15, 0.2) is 36.4 Å². The van der Waals surface area contributed by atoms with Gasteiger partial charge in [-0.1, -0.05) is 29.8 Å². The summed E-state index contributed by atoms with van der Waals surface area (Å²) in [6, 6.07) is 11.9. The Hall–Kier alpha value is -2.20. The Morgan fingerprint density at radius 1 is 1.04 bits per heavy atom. The summed E-state index contributed by atoms with van der Waals surface area (Å²) in [6.07, 6.45) is -0.495. The number of amides is 1. The second-order valence-electron chi connectivity index (χ2n) is 7.20. The van der Waals surface area contributed by atoms with E-state index in [2.05, 4.69) is 11.8 Å². The molecule has 1 atom stereocenters. The van der Waals surface area contributed by atoms with E-state index in [9.17, 15) is 4.79 Å². The fraction of sp³-hybridized carbons (Fsp3) is 0.409. The monoisotopic (exact) mass is 386 g/mol. The smallest absolute Gasteiger partial charge is 0.263 e. The molecule has 0 bridgehead atoms. The average molecular weight is 387 g/mol. The fourth-order valence-corrected chi connectivity index (χ4v) is 3.61. The molecular formula is C22H27ClN2O2. The van der Waals surface area contributed by atoms with E-state index in [1.54, 1.807) is 0 Å². The number of aryl methyl sites for hydroxylation is 2. The van der Waals surface area contributed by atoms with Crippen LogP contribution < -0.4 is 9.64 Å². The third kappa shape index (κ3) is 4.38. The number of hydrogen-bond acceptors (Lipinski definition) is 3. The Morgan fingerprint density at radius 3 is 2.44 bits per heavy atom. The zero-order valence-electron chi connectivity index (χ0n) is 16.5. The van der Waals surface area contributed by atoms with Crippen LogP contribution in [0.1, 0.15) is 23.6 Å². The van der Waals surface area contributed by atoms with Gasteiger partial charge in [-0.3, -0.25) is 4.79 Å². The largest absolute Gasteiger partial charge is 0.481 e. The van der Waals surface area contributed by atoms with Gasteiger partial charge in [-0.05, 0) is 62.6 Å². The topological polar surface area (TPSA) is 32.8 Å². The number of anilines is 1. The van der Waals surface area contributed by atoms with Crippen molar-refractivity contribution in [3.05, 3.63) is 58.1 Å². The van der Waals surface area contributed by atoms with Gasteiger partial charge in [0.1, 0.15) is 5.75 Å². The van der Waals surface area contributed by atoms with E-state index in [4.69, 9.17) is 16.3 Å². The molecule has 1 amide bonds. The number of nitrogens with zero attached hydrogens (tertiary/aromatic N) is 2. The second kappa shape index (κ2) is 8.22. The van der Waals surface area contributed by atoms with Crippen LogP contribution in [0.5, 0.6) is 5.75 Å². The van der Waals surface area contributed by atoms with Crippen molar-refractivity contribution in [1.82, 2.24) is 4.90 Å². The van der Waals surface area contributed by atoms with Gasteiger partial charge < -0.3 is 14.5 Å². The Balaban J connectivity index is 1.61. The number of halogens is 1. The first-order chi connectivity index (χ1) is 12.9. The van der Waals surface area contributed by atoms with Crippen molar-refractivity contribution in [3.8, 4) is 5.75 Å². The van der Waals surface area contributed by atoms with Gasteiger partial charge >= 0.3 is 0 Å². The number of piperazine rings is 1. The van der Waals surface area contributed by atoms with Crippen LogP contribution in [0.3, 0.4) is 0 Å². The predicted molar refractivity (Wildman–Crippen MR) is 111 cm³/mol. The molecule has 0 saturated carbocycles. The number of ether oxygens (including phenoxy) is 1. The van der Waals surface area contributed by atoms with Crippen molar-refractivity contribution in [2.24, 2.45) is 0 Å². The quantitative estimate of drug-likeness (QED) is 0.781. The molecule has 3 rings (SSSR count). The van der Waals surface area contributed by atoms with Gasteiger partial charge in [0, 0.05) is 36.9 Å². The SMILES string of the molecule is Cc1ccc(Cl)cc1N1CCN(C(=O)C(C)Oc2cccc(C)c2C)CC1. The Labute approximate surface area is 166 Å². The summed E-state index contributed by atoms with van der Waals surface area (Å²) in [5.74, 6) is 0.822. The maximum atomic E-state index is 12.8. The van der Waals surface area contributed by atoms with Crippen LogP contribution in [0.2, 0.25) is 5.02 Å². The van der Waals surface area contributed by atoms with Crippen molar-refractivity contribution >= 4 is 23.2 Å². The lowest BCUT2D eigenvalue weighted by Crippen LogP contribution is -2.52. The van der Waals surface area contributed by atoms with Gasteiger partial charge in [0.25, 0.3) is 5.91 Å². The molecule has 27 heavy (non-hydrogen) atoms. The molecule has 1 aliphatic heterocycles. The van der Waals surface area contributed by atoms with Crippen LogP contribution in [-0.4, -0.2) is 43.1 Å². The molecule has 0 aromatic heterocycles. The Bertz CT molecular complexity index is 829. The zero-order valence-corrected chi connectivity index (χ0v) is 17.2. The lowest BCUT2D eigenvalue weighted by atomic mass is 10.1. The van der Waals surface area contributed by atoms with Gasteiger partial charge in [0.2, 0.25) is 0 Å². The Morgan fingerprint density at radius 2 is 1.74 bits per heavy atom. The molecule has 2 aromatic carbocycles. The molecule has 1 saturated heterocycles. The standard InChI is InChI=1S/C22H27ClN2O2/c1-15-6-5-7-21(17(15)3)27-18(4)22(26)25-12-10-24(11-13-25)20-14-19(23)9-8-16(20)2/h5-9,14,18H,10-13H2,1-4H3. The summed E-state index contributed by atoms with van der Waals surface area (Å²) in [6.45, 7) is 10.9. The van der Waals surface area contributed by atoms with E-state index >= 15 is 0 Å². The Kier molecular flexibility index (Phi) is 5.95. The molecule has 5 heteroatoms. The summed E-state index contributed by atoms with van der Waals surface area (Å²) < 4.78 is 5.97. The molecule has 0 radical (unpaired) electrons. The molecule has 0 spiro atoms. The van der Waals surface area contributed by atoms with E-state index in [1.807, 2.05) is 62.1 Å². The van der Waals surface area contributed by atoms with Gasteiger partial charge in [-0.25, -0.2) is 0 Å². The highest BCUT2D eigenvalue weighted by Gasteiger charge is 2.27. The third-order valence-corrected chi connectivity index (χ3v) is 5.54. The molecule has 144 valence electrons. The van der Waals surface area contributed by atoms with Crippen LogP contribution >= 0.6 is 11.6 Å².